The molecule has 0 radical (unpaired) electrons. The van der Waals surface area contributed by atoms with Crippen LogP contribution in [0.2, 0.25) is 0 Å². The second kappa shape index (κ2) is 7.34. The van der Waals surface area contributed by atoms with Crippen LogP contribution in [0.5, 0.6) is 11.5 Å². The summed E-state index contributed by atoms with van der Waals surface area (Å²) in [5, 5.41) is 20.7. The number of phenols is 1. The third-order valence-electron chi connectivity index (χ3n) is 6.16. The molecule has 0 bridgehead atoms. The topological polar surface area (TPSA) is 66.8 Å². The molecule has 4 atom stereocenters. The normalized spacial score (nSPS) is 26.7. The number of hydrogen-bond acceptors (Lipinski definition) is 3. The van der Waals surface area contributed by atoms with Gasteiger partial charge in [-0.15, -0.1) is 0 Å². The van der Waals surface area contributed by atoms with Crippen LogP contribution in [0.15, 0.2) is 18.2 Å². The van der Waals surface area contributed by atoms with Crippen LogP contribution in [-0.2, 0) is 6.42 Å². The van der Waals surface area contributed by atoms with Crippen molar-refractivity contribution in [3.8, 4) is 11.5 Å². The van der Waals surface area contributed by atoms with Crippen molar-refractivity contribution in [3.05, 3.63) is 34.9 Å². The minimum atomic E-state index is -1.06. The monoisotopic (exact) mass is 358 g/mol. The first-order valence-electron chi connectivity index (χ1n) is 9.80. The van der Waals surface area contributed by atoms with Gasteiger partial charge >= 0.3 is 5.97 Å². The standard InChI is InChI=1S/C22H30O4/c1-5-6-7-8-14-11-16-19(20(23)17(14)22(24)25)18-15(12(2)3)10-9-13(4)21(18)26-16/h11,13,15,18,21,23H,2,5-10H2,1,3-4H3,(H,24,25). The van der Waals surface area contributed by atoms with Crippen LogP contribution < -0.4 is 4.74 Å². The number of rotatable bonds is 6. The smallest absolute Gasteiger partial charge is 0.339 e. The minimum Gasteiger partial charge on any atom is -0.507 e. The number of carboxylic acid groups (broad SMARTS) is 1. The van der Waals surface area contributed by atoms with E-state index < -0.39 is 5.97 Å². The number of benzene rings is 1. The van der Waals surface area contributed by atoms with Gasteiger partial charge in [0.2, 0.25) is 0 Å². The summed E-state index contributed by atoms with van der Waals surface area (Å²) in [5.74, 6) is 0.114. The van der Waals surface area contributed by atoms with Crippen molar-refractivity contribution >= 4 is 5.97 Å². The number of carbonyl (C=O) groups is 1. The molecule has 26 heavy (non-hydrogen) atoms. The number of allylic oxidation sites excluding steroid dienone is 1. The lowest BCUT2D eigenvalue weighted by atomic mass is 9.68. The van der Waals surface area contributed by atoms with Gasteiger partial charge < -0.3 is 14.9 Å². The molecule has 142 valence electrons. The Hall–Kier alpha value is -1.97. The van der Waals surface area contributed by atoms with Gasteiger partial charge in [-0.3, -0.25) is 0 Å². The van der Waals surface area contributed by atoms with Gasteiger partial charge in [0.15, 0.2) is 0 Å². The summed E-state index contributed by atoms with van der Waals surface area (Å²) in [6, 6.07) is 1.87. The van der Waals surface area contributed by atoms with Gasteiger partial charge in [-0.05, 0) is 56.1 Å². The third kappa shape index (κ3) is 3.10. The van der Waals surface area contributed by atoms with Crippen molar-refractivity contribution in [1.82, 2.24) is 0 Å². The molecule has 4 unspecified atom stereocenters. The van der Waals surface area contributed by atoms with Crippen LogP contribution in [0.25, 0.3) is 0 Å². The van der Waals surface area contributed by atoms with Gasteiger partial charge in [0, 0.05) is 11.5 Å². The maximum atomic E-state index is 11.9. The van der Waals surface area contributed by atoms with Gasteiger partial charge in [-0.1, -0.05) is 38.8 Å². The molecule has 2 aliphatic rings. The van der Waals surface area contributed by atoms with Gasteiger partial charge in [0.25, 0.3) is 0 Å². The Morgan fingerprint density at radius 1 is 1.35 bits per heavy atom. The van der Waals surface area contributed by atoms with Crippen LogP contribution in [0.4, 0.5) is 0 Å². The number of aryl methyl sites for hydroxylation is 1. The zero-order valence-electron chi connectivity index (χ0n) is 16.0. The Labute approximate surface area is 155 Å². The second-order valence-corrected chi connectivity index (χ2v) is 8.05. The lowest BCUT2D eigenvalue weighted by Gasteiger charge is -2.37. The molecule has 4 nitrogen and oxygen atoms in total. The number of aromatic carboxylic acids is 1. The van der Waals surface area contributed by atoms with E-state index in [0.717, 1.165) is 37.7 Å². The van der Waals surface area contributed by atoms with Crippen molar-refractivity contribution < 1.29 is 19.7 Å². The van der Waals surface area contributed by atoms with Crippen LogP contribution in [-0.4, -0.2) is 22.3 Å². The first-order valence-corrected chi connectivity index (χ1v) is 9.80. The summed E-state index contributed by atoms with van der Waals surface area (Å²) >= 11 is 0. The molecule has 1 heterocycles. The van der Waals surface area contributed by atoms with Crippen molar-refractivity contribution in [2.45, 2.75) is 71.3 Å². The summed E-state index contributed by atoms with van der Waals surface area (Å²) < 4.78 is 6.27. The van der Waals surface area contributed by atoms with E-state index in [-0.39, 0.29) is 29.3 Å². The van der Waals surface area contributed by atoms with Crippen molar-refractivity contribution in [2.24, 2.45) is 11.8 Å². The van der Waals surface area contributed by atoms with Crippen LogP contribution >= 0.6 is 0 Å². The summed E-state index contributed by atoms with van der Waals surface area (Å²) in [5.41, 5.74) is 2.50. The Kier molecular flexibility index (Phi) is 5.31. The molecule has 0 saturated heterocycles. The second-order valence-electron chi connectivity index (χ2n) is 8.05. The number of aromatic hydroxyl groups is 1. The zero-order chi connectivity index (χ0) is 19.0. The van der Waals surface area contributed by atoms with Crippen molar-refractivity contribution in [1.29, 1.82) is 0 Å². The lowest BCUT2D eigenvalue weighted by molar-refractivity contribution is 0.0692. The molecule has 1 fully saturated rings. The van der Waals surface area contributed by atoms with E-state index in [1.807, 2.05) is 13.0 Å². The van der Waals surface area contributed by atoms with E-state index in [2.05, 4.69) is 20.4 Å². The fraction of sp³-hybridized carbons (Fsp3) is 0.591. The Morgan fingerprint density at radius 2 is 2.08 bits per heavy atom. The Morgan fingerprint density at radius 3 is 2.69 bits per heavy atom. The molecule has 1 aromatic carbocycles. The summed E-state index contributed by atoms with van der Waals surface area (Å²) in [6.07, 6.45) is 5.71. The largest absolute Gasteiger partial charge is 0.507 e. The summed E-state index contributed by atoms with van der Waals surface area (Å²) in [4.78, 5) is 11.9. The van der Waals surface area contributed by atoms with Gasteiger partial charge in [0.1, 0.15) is 23.2 Å². The van der Waals surface area contributed by atoms with Gasteiger partial charge in [-0.25, -0.2) is 4.79 Å². The van der Waals surface area contributed by atoms with Crippen molar-refractivity contribution in [3.63, 3.8) is 0 Å². The number of carboxylic acids is 1. The zero-order valence-corrected chi connectivity index (χ0v) is 16.0. The Balaban J connectivity index is 2.09. The first-order chi connectivity index (χ1) is 12.4. The molecule has 1 aliphatic carbocycles. The summed E-state index contributed by atoms with van der Waals surface area (Å²) in [6.45, 7) is 10.4. The lowest BCUT2D eigenvalue weighted by Crippen LogP contribution is -2.36. The van der Waals surface area contributed by atoms with E-state index in [0.29, 0.717) is 29.2 Å². The van der Waals surface area contributed by atoms with E-state index in [4.69, 9.17) is 4.74 Å². The van der Waals surface area contributed by atoms with Gasteiger partial charge in [-0.2, -0.15) is 0 Å². The predicted molar refractivity (Wildman–Crippen MR) is 102 cm³/mol. The molecule has 1 aliphatic heterocycles. The molecule has 0 spiro atoms. The fourth-order valence-electron chi connectivity index (χ4n) is 4.76. The van der Waals surface area contributed by atoms with Gasteiger partial charge in [0.05, 0.1) is 0 Å². The number of hydrogen-bond donors (Lipinski definition) is 2. The maximum Gasteiger partial charge on any atom is 0.339 e. The highest BCUT2D eigenvalue weighted by molar-refractivity contribution is 5.94. The molecular weight excluding hydrogens is 328 g/mol. The average molecular weight is 358 g/mol. The molecule has 4 heteroatoms. The first kappa shape index (κ1) is 18.8. The van der Waals surface area contributed by atoms with E-state index in [9.17, 15) is 15.0 Å². The molecule has 3 rings (SSSR count). The molecule has 0 aromatic heterocycles. The van der Waals surface area contributed by atoms with Crippen LogP contribution in [0.1, 0.15) is 80.3 Å². The van der Waals surface area contributed by atoms with E-state index in [1.165, 1.54) is 0 Å². The molecule has 0 amide bonds. The number of unbranched alkanes of at least 4 members (excludes halogenated alkanes) is 2. The average Bonchev–Trinajstić information content (AvgIpc) is 2.95. The number of fused-ring (bicyclic) bond motifs is 3. The Bertz CT molecular complexity index is 721. The minimum absolute atomic E-state index is 0.00552. The van der Waals surface area contributed by atoms with E-state index >= 15 is 0 Å². The third-order valence-corrected chi connectivity index (χ3v) is 6.16. The highest BCUT2D eigenvalue weighted by Gasteiger charge is 2.48. The van der Waals surface area contributed by atoms with E-state index in [1.54, 1.807) is 0 Å². The number of ether oxygens (including phenoxy) is 1. The predicted octanol–water partition coefficient (Wildman–Crippen LogP) is 5.29. The van der Waals surface area contributed by atoms with Crippen LogP contribution in [0, 0.1) is 11.8 Å². The summed E-state index contributed by atoms with van der Waals surface area (Å²) in [7, 11) is 0. The van der Waals surface area contributed by atoms with Crippen LogP contribution in [0.3, 0.4) is 0 Å². The SMILES string of the molecule is C=C(C)C1CCC(C)C2Oc3cc(CCCCC)c(C(=O)O)c(O)c3C12. The highest BCUT2D eigenvalue weighted by Crippen LogP contribution is 2.56. The maximum absolute atomic E-state index is 11.9. The molecule has 2 N–H and O–H groups in total. The molecule has 1 saturated carbocycles. The molecular formula is C22H30O4. The molecule has 1 aromatic rings. The van der Waals surface area contributed by atoms with Crippen molar-refractivity contribution in [2.75, 3.05) is 0 Å². The quantitative estimate of drug-likeness (QED) is 0.535. The highest BCUT2D eigenvalue weighted by atomic mass is 16.5. The fourth-order valence-corrected chi connectivity index (χ4v) is 4.76.